The molecule has 0 aliphatic rings. The third-order valence-electron chi connectivity index (χ3n) is 2.66. The van der Waals surface area contributed by atoms with Crippen LogP contribution in [0, 0.1) is 10.1 Å². The number of ether oxygens (including phenoxy) is 1. The van der Waals surface area contributed by atoms with Crippen LogP contribution in [-0.2, 0) is 11.9 Å². The van der Waals surface area contributed by atoms with Crippen LogP contribution in [0.25, 0.3) is 0 Å². The van der Waals surface area contributed by atoms with Crippen molar-refractivity contribution in [1.29, 1.82) is 0 Å². The summed E-state index contributed by atoms with van der Waals surface area (Å²) in [6, 6.07) is 14.1. The van der Waals surface area contributed by atoms with Gasteiger partial charge in [-0.05, 0) is 23.8 Å². The topological polar surface area (TPSA) is 52.4 Å². The Morgan fingerprint density at radius 2 is 1.79 bits per heavy atom. The van der Waals surface area contributed by atoms with Gasteiger partial charge in [0.1, 0.15) is 12.4 Å². The summed E-state index contributed by atoms with van der Waals surface area (Å²) in [6.07, 6.45) is 0. The van der Waals surface area contributed by atoms with Crippen LogP contribution in [0.1, 0.15) is 11.1 Å². The number of nitro benzene ring substituents is 1. The summed E-state index contributed by atoms with van der Waals surface area (Å²) >= 11 is 3.41. The first-order valence-corrected chi connectivity index (χ1v) is 6.83. The fourth-order valence-electron chi connectivity index (χ4n) is 1.63. The highest BCUT2D eigenvalue weighted by Gasteiger charge is 2.05. The molecule has 2 rings (SSSR count). The Morgan fingerprint density at radius 3 is 2.42 bits per heavy atom. The predicted octanol–water partition coefficient (Wildman–Crippen LogP) is 4.07. The van der Waals surface area contributed by atoms with E-state index in [9.17, 15) is 10.1 Å². The molecule has 0 fully saturated rings. The average molecular weight is 322 g/mol. The van der Waals surface area contributed by atoms with Crippen molar-refractivity contribution >= 4 is 21.6 Å². The maximum atomic E-state index is 10.5. The molecule has 4 nitrogen and oxygen atoms in total. The molecule has 19 heavy (non-hydrogen) atoms. The minimum absolute atomic E-state index is 0.0876. The Hall–Kier alpha value is -1.88. The van der Waals surface area contributed by atoms with Crippen LogP contribution >= 0.6 is 15.9 Å². The van der Waals surface area contributed by atoms with Crippen molar-refractivity contribution in [3.63, 3.8) is 0 Å². The van der Waals surface area contributed by atoms with Crippen molar-refractivity contribution in [2.75, 3.05) is 0 Å². The highest BCUT2D eigenvalue weighted by Crippen LogP contribution is 2.22. The van der Waals surface area contributed by atoms with E-state index in [2.05, 4.69) is 15.9 Å². The van der Waals surface area contributed by atoms with Crippen LogP contribution in [-0.4, -0.2) is 4.92 Å². The van der Waals surface area contributed by atoms with E-state index in [4.69, 9.17) is 4.74 Å². The average Bonchev–Trinajstić information content (AvgIpc) is 2.45. The van der Waals surface area contributed by atoms with Crippen LogP contribution < -0.4 is 4.74 Å². The molecule has 0 amide bonds. The monoisotopic (exact) mass is 321 g/mol. The molecule has 0 bridgehead atoms. The van der Waals surface area contributed by atoms with Crippen molar-refractivity contribution < 1.29 is 9.66 Å². The minimum Gasteiger partial charge on any atom is -0.489 e. The molecule has 0 N–H and O–H groups in total. The molecule has 0 heterocycles. The zero-order chi connectivity index (χ0) is 13.7. The summed E-state index contributed by atoms with van der Waals surface area (Å²) in [5.41, 5.74) is 2.06. The van der Waals surface area contributed by atoms with Gasteiger partial charge in [0, 0.05) is 23.0 Å². The largest absolute Gasteiger partial charge is 0.489 e. The first-order valence-electron chi connectivity index (χ1n) is 5.70. The number of non-ortho nitro benzene ring substituents is 1. The van der Waals surface area contributed by atoms with E-state index in [0.717, 1.165) is 22.2 Å². The molecular weight excluding hydrogens is 310 g/mol. The maximum absolute atomic E-state index is 10.5. The van der Waals surface area contributed by atoms with Gasteiger partial charge in [0.25, 0.3) is 5.69 Å². The smallest absolute Gasteiger partial charge is 0.269 e. The maximum Gasteiger partial charge on any atom is 0.269 e. The Balaban J connectivity index is 2.04. The van der Waals surface area contributed by atoms with Crippen LogP contribution in [0.15, 0.2) is 48.5 Å². The van der Waals surface area contributed by atoms with Gasteiger partial charge >= 0.3 is 0 Å². The molecule has 0 radical (unpaired) electrons. The minimum atomic E-state index is -0.412. The van der Waals surface area contributed by atoms with E-state index in [1.54, 1.807) is 12.1 Å². The van der Waals surface area contributed by atoms with Crippen LogP contribution in [0.3, 0.4) is 0 Å². The Labute approximate surface area is 119 Å². The molecule has 0 aromatic heterocycles. The molecular formula is C14H12BrNO3. The van der Waals surface area contributed by atoms with E-state index in [1.165, 1.54) is 12.1 Å². The lowest BCUT2D eigenvalue weighted by atomic mass is 10.2. The highest BCUT2D eigenvalue weighted by molar-refractivity contribution is 9.08. The van der Waals surface area contributed by atoms with Crippen molar-refractivity contribution in [1.82, 2.24) is 0 Å². The number of nitro groups is 1. The molecule has 0 spiro atoms. The number of hydrogen-bond acceptors (Lipinski definition) is 3. The SMILES string of the molecule is O=[N+]([O-])c1ccc(COc2ccccc2CBr)cc1. The van der Waals surface area contributed by atoms with Crippen LogP contribution in [0.4, 0.5) is 5.69 Å². The van der Waals surface area contributed by atoms with E-state index in [-0.39, 0.29) is 5.69 Å². The van der Waals surface area contributed by atoms with Gasteiger partial charge in [-0.1, -0.05) is 34.1 Å². The summed E-state index contributed by atoms with van der Waals surface area (Å²) in [7, 11) is 0. The number of hydrogen-bond donors (Lipinski definition) is 0. The lowest BCUT2D eigenvalue weighted by Gasteiger charge is -2.09. The van der Waals surface area contributed by atoms with Gasteiger partial charge in [-0.25, -0.2) is 0 Å². The molecule has 5 heteroatoms. The zero-order valence-electron chi connectivity index (χ0n) is 10.1. The van der Waals surface area contributed by atoms with Gasteiger partial charge < -0.3 is 4.74 Å². The van der Waals surface area contributed by atoms with Crippen LogP contribution in [0.5, 0.6) is 5.75 Å². The Bertz CT molecular complexity index is 569. The Kier molecular flexibility index (Phi) is 4.52. The van der Waals surface area contributed by atoms with Gasteiger partial charge in [-0.2, -0.15) is 0 Å². The van der Waals surface area contributed by atoms with Crippen molar-refractivity contribution in [2.24, 2.45) is 0 Å². The molecule has 2 aromatic rings. The van der Waals surface area contributed by atoms with Gasteiger partial charge in [-0.15, -0.1) is 0 Å². The normalized spacial score (nSPS) is 10.2. The molecule has 0 unspecified atom stereocenters. The Morgan fingerprint density at radius 1 is 1.11 bits per heavy atom. The first-order chi connectivity index (χ1) is 9.20. The van der Waals surface area contributed by atoms with E-state index in [0.29, 0.717) is 6.61 Å². The molecule has 0 saturated heterocycles. The van der Waals surface area contributed by atoms with Gasteiger partial charge in [0.05, 0.1) is 4.92 Å². The van der Waals surface area contributed by atoms with E-state index in [1.807, 2.05) is 24.3 Å². The van der Waals surface area contributed by atoms with Crippen molar-refractivity contribution in [3.8, 4) is 5.75 Å². The number of rotatable bonds is 5. The summed E-state index contributed by atoms with van der Waals surface area (Å²) in [5.74, 6) is 0.817. The second-order valence-corrected chi connectivity index (χ2v) is 4.51. The lowest BCUT2D eigenvalue weighted by Crippen LogP contribution is -1.98. The van der Waals surface area contributed by atoms with Gasteiger partial charge in [0.15, 0.2) is 0 Å². The van der Waals surface area contributed by atoms with E-state index < -0.39 is 4.92 Å². The van der Waals surface area contributed by atoms with Crippen LogP contribution in [0.2, 0.25) is 0 Å². The fraction of sp³-hybridized carbons (Fsp3) is 0.143. The molecule has 98 valence electrons. The van der Waals surface area contributed by atoms with E-state index >= 15 is 0 Å². The molecule has 0 aliphatic heterocycles. The van der Waals surface area contributed by atoms with Gasteiger partial charge in [-0.3, -0.25) is 10.1 Å². The lowest BCUT2D eigenvalue weighted by molar-refractivity contribution is -0.384. The quantitative estimate of drug-likeness (QED) is 0.474. The summed E-state index contributed by atoms with van der Waals surface area (Å²) in [6.45, 7) is 0.391. The van der Waals surface area contributed by atoms with Crippen molar-refractivity contribution in [2.45, 2.75) is 11.9 Å². The molecule has 2 aromatic carbocycles. The number of halogens is 1. The number of alkyl halides is 1. The predicted molar refractivity (Wildman–Crippen MR) is 76.5 cm³/mol. The first kappa shape index (κ1) is 13.5. The number of benzene rings is 2. The third kappa shape index (κ3) is 3.54. The highest BCUT2D eigenvalue weighted by atomic mass is 79.9. The number of para-hydroxylation sites is 1. The second-order valence-electron chi connectivity index (χ2n) is 3.95. The molecule has 0 atom stereocenters. The summed E-state index contributed by atoms with van der Waals surface area (Å²) in [5, 5.41) is 11.3. The zero-order valence-corrected chi connectivity index (χ0v) is 11.7. The summed E-state index contributed by atoms with van der Waals surface area (Å²) < 4.78 is 5.71. The standard InChI is InChI=1S/C14H12BrNO3/c15-9-12-3-1-2-4-14(12)19-10-11-5-7-13(8-6-11)16(17)18/h1-8H,9-10H2. The third-order valence-corrected chi connectivity index (χ3v) is 3.26. The second kappa shape index (κ2) is 6.33. The van der Waals surface area contributed by atoms with Gasteiger partial charge in [0.2, 0.25) is 0 Å². The van der Waals surface area contributed by atoms with Crippen molar-refractivity contribution in [3.05, 3.63) is 69.8 Å². The molecule has 0 saturated carbocycles. The molecule has 0 aliphatic carbocycles. The summed E-state index contributed by atoms with van der Waals surface area (Å²) in [4.78, 5) is 10.1. The fourth-order valence-corrected chi connectivity index (χ4v) is 2.09. The number of nitrogens with zero attached hydrogens (tertiary/aromatic N) is 1.